The maximum absolute atomic E-state index is 11.5. The second-order valence-corrected chi connectivity index (χ2v) is 5.75. The number of rotatable bonds is 4. The van der Waals surface area contributed by atoms with E-state index in [2.05, 4.69) is 15.9 Å². The number of carboxylic acids is 1. The lowest BCUT2D eigenvalue weighted by Gasteiger charge is -2.22. The molecule has 0 aliphatic heterocycles. The third-order valence-corrected chi connectivity index (χ3v) is 4.02. The Hall–Kier alpha value is -2.12. The summed E-state index contributed by atoms with van der Waals surface area (Å²) in [6, 6.07) is 16.9. The molecule has 0 aliphatic carbocycles. The summed E-state index contributed by atoms with van der Waals surface area (Å²) in [6.07, 6.45) is 0. The first-order chi connectivity index (χ1) is 10.0. The van der Waals surface area contributed by atoms with E-state index >= 15 is 0 Å². The van der Waals surface area contributed by atoms with Gasteiger partial charge in [0.15, 0.2) is 5.92 Å². The molecule has 0 radical (unpaired) electrons. The van der Waals surface area contributed by atoms with E-state index in [1.165, 1.54) is 0 Å². The quantitative estimate of drug-likeness (QED) is 0.908. The Morgan fingerprint density at radius 3 is 2.33 bits per heavy atom. The van der Waals surface area contributed by atoms with Crippen LogP contribution in [0.1, 0.15) is 22.6 Å². The molecule has 2 rings (SSSR count). The predicted octanol–water partition coefficient (Wildman–Crippen LogP) is 4.11. The van der Waals surface area contributed by atoms with E-state index in [0.29, 0.717) is 0 Å². The van der Waals surface area contributed by atoms with E-state index < -0.39 is 17.8 Å². The van der Waals surface area contributed by atoms with Gasteiger partial charge in [-0.2, -0.15) is 5.26 Å². The third kappa shape index (κ3) is 3.32. The highest BCUT2D eigenvalue weighted by Gasteiger charge is 2.31. The van der Waals surface area contributed by atoms with Crippen molar-refractivity contribution in [3.8, 4) is 6.07 Å². The minimum absolute atomic E-state index is 0.484. The van der Waals surface area contributed by atoms with E-state index in [-0.39, 0.29) is 0 Å². The van der Waals surface area contributed by atoms with E-state index in [9.17, 15) is 15.2 Å². The lowest BCUT2D eigenvalue weighted by atomic mass is 9.79. The average molecular weight is 344 g/mol. The molecule has 2 aromatic carbocycles. The van der Waals surface area contributed by atoms with E-state index in [1.54, 1.807) is 0 Å². The normalized spacial score (nSPS) is 13.2. The van der Waals surface area contributed by atoms with Crippen molar-refractivity contribution in [3.05, 3.63) is 69.7 Å². The summed E-state index contributed by atoms with van der Waals surface area (Å²) in [6.45, 7) is 1.93. The van der Waals surface area contributed by atoms with Crippen molar-refractivity contribution >= 4 is 21.9 Å². The van der Waals surface area contributed by atoms with Gasteiger partial charge in [-0.25, -0.2) is 0 Å². The smallest absolute Gasteiger partial charge is 0.321 e. The van der Waals surface area contributed by atoms with Crippen LogP contribution in [-0.2, 0) is 4.79 Å². The monoisotopic (exact) mass is 343 g/mol. The number of nitriles is 1. The number of halogens is 1. The molecule has 0 heterocycles. The van der Waals surface area contributed by atoms with Crippen LogP contribution >= 0.6 is 15.9 Å². The van der Waals surface area contributed by atoms with Gasteiger partial charge in [0.1, 0.15) is 0 Å². The first-order valence-electron chi connectivity index (χ1n) is 6.48. The van der Waals surface area contributed by atoms with Gasteiger partial charge in [-0.05, 0) is 35.7 Å². The van der Waals surface area contributed by atoms with Crippen molar-refractivity contribution in [2.75, 3.05) is 0 Å². The molecule has 21 heavy (non-hydrogen) atoms. The number of aryl methyl sites for hydroxylation is 1. The SMILES string of the molecule is Cc1ccccc1C(c1ccc(Br)cc1)C(C#N)C(=O)O. The highest BCUT2D eigenvalue weighted by Crippen LogP contribution is 2.34. The molecule has 0 amide bonds. The molecular weight excluding hydrogens is 330 g/mol. The van der Waals surface area contributed by atoms with Gasteiger partial charge >= 0.3 is 5.97 Å². The number of aliphatic carboxylic acids is 1. The van der Waals surface area contributed by atoms with E-state index in [1.807, 2.05) is 61.5 Å². The van der Waals surface area contributed by atoms with Gasteiger partial charge < -0.3 is 5.11 Å². The zero-order valence-electron chi connectivity index (χ0n) is 11.5. The molecule has 0 aromatic heterocycles. The van der Waals surface area contributed by atoms with Crippen molar-refractivity contribution in [1.82, 2.24) is 0 Å². The Bertz CT molecular complexity index is 689. The molecule has 0 aliphatic rings. The number of carbonyl (C=O) groups is 1. The van der Waals surface area contributed by atoms with Crippen LogP contribution in [0.5, 0.6) is 0 Å². The van der Waals surface area contributed by atoms with Crippen molar-refractivity contribution < 1.29 is 9.90 Å². The fourth-order valence-electron chi connectivity index (χ4n) is 2.43. The van der Waals surface area contributed by atoms with Gasteiger partial charge in [0, 0.05) is 10.4 Å². The Balaban J connectivity index is 2.60. The second-order valence-electron chi connectivity index (χ2n) is 4.83. The third-order valence-electron chi connectivity index (χ3n) is 3.49. The van der Waals surface area contributed by atoms with Crippen LogP contribution in [0.25, 0.3) is 0 Å². The molecule has 3 nitrogen and oxygen atoms in total. The maximum atomic E-state index is 11.5. The Morgan fingerprint density at radius 1 is 1.19 bits per heavy atom. The minimum atomic E-state index is -1.12. The number of benzene rings is 2. The van der Waals surface area contributed by atoms with Gasteiger partial charge in [0.05, 0.1) is 6.07 Å². The van der Waals surface area contributed by atoms with Crippen molar-refractivity contribution in [2.45, 2.75) is 12.8 Å². The number of hydrogen-bond donors (Lipinski definition) is 1. The fraction of sp³-hybridized carbons (Fsp3) is 0.176. The zero-order chi connectivity index (χ0) is 15.4. The lowest BCUT2D eigenvalue weighted by molar-refractivity contribution is -0.140. The molecule has 2 unspecified atom stereocenters. The molecule has 4 heteroatoms. The average Bonchev–Trinajstić information content (AvgIpc) is 2.46. The molecule has 0 bridgehead atoms. The van der Waals surface area contributed by atoms with Crippen LogP contribution in [-0.4, -0.2) is 11.1 Å². The van der Waals surface area contributed by atoms with Crippen LogP contribution in [0, 0.1) is 24.2 Å². The van der Waals surface area contributed by atoms with Gasteiger partial charge in [0.25, 0.3) is 0 Å². The van der Waals surface area contributed by atoms with Crippen LogP contribution < -0.4 is 0 Å². The first-order valence-corrected chi connectivity index (χ1v) is 7.27. The zero-order valence-corrected chi connectivity index (χ0v) is 13.0. The topological polar surface area (TPSA) is 61.1 Å². The van der Waals surface area contributed by atoms with Gasteiger partial charge in [-0.15, -0.1) is 0 Å². The standard InChI is InChI=1S/C17H14BrNO2/c1-11-4-2-3-5-14(11)16(15(10-19)17(20)21)12-6-8-13(18)9-7-12/h2-9,15-16H,1H3,(H,20,21). The highest BCUT2D eigenvalue weighted by atomic mass is 79.9. The first kappa shape index (κ1) is 15.3. The van der Waals surface area contributed by atoms with Crippen molar-refractivity contribution in [1.29, 1.82) is 5.26 Å². The second kappa shape index (κ2) is 6.55. The number of carboxylic acid groups (broad SMARTS) is 1. The van der Waals surface area contributed by atoms with Crippen LogP contribution in [0.2, 0.25) is 0 Å². The highest BCUT2D eigenvalue weighted by molar-refractivity contribution is 9.10. The molecule has 0 fully saturated rings. The Labute approximate surface area is 132 Å². The number of nitrogens with zero attached hydrogens (tertiary/aromatic N) is 1. The summed E-state index contributed by atoms with van der Waals surface area (Å²) >= 11 is 3.37. The van der Waals surface area contributed by atoms with E-state index in [0.717, 1.165) is 21.2 Å². The Morgan fingerprint density at radius 2 is 1.81 bits per heavy atom. The largest absolute Gasteiger partial charge is 0.480 e. The van der Waals surface area contributed by atoms with Gasteiger partial charge in [-0.1, -0.05) is 52.3 Å². The lowest BCUT2D eigenvalue weighted by Crippen LogP contribution is -2.22. The summed E-state index contributed by atoms with van der Waals surface area (Å²) in [4.78, 5) is 11.5. The summed E-state index contributed by atoms with van der Waals surface area (Å²) in [7, 11) is 0. The summed E-state index contributed by atoms with van der Waals surface area (Å²) in [5.74, 6) is -2.71. The molecule has 1 N–H and O–H groups in total. The summed E-state index contributed by atoms with van der Waals surface area (Å²) < 4.78 is 0.915. The van der Waals surface area contributed by atoms with Crippen molar-refractivity contribution in [2.24, 2.45) is 5.92 Å². The molecule has 0 spiro atoms. The van der Waals surface area contributed by atoms with Gasteiger partial charge in [-0.3, -0.25) is 4.79 Å². The maximum Gasteiger partial charge on any atom is 0.321 e. The van der Waals surface area contributed by atoms with Gasteiger partial charge in [0.2, 0.25) is 0 Å². The number of hydrogen-bond acceptors (Lipinski definition) is 2. The van der Waals surface area contributed by atoms with E-state index in [4.69, 9.17) is 0 Å². The summed E-state index contributed by atoms with van der Waals surface area (Å²) in [5.41, 5.74) is 2.67. The molecule has 2 atom stereocenters. The van der Waals surface area contributed by atoms with Crippen LogP contribution in [0.15, 0.2) is 53.0 Å². The predicted molar refractivity (Wildman–Crippen MR) is 83.9 cm³/mol. The molecule has 0 saturated heterocycles. The molecule has 2 aromatic rings. The van der Waals surface area contributed by atoms with Crippen LogP contribution in [0.3, 0.4) is 0 Å². The molecule has 106 valence electrons. The summed E-state index contributed by atoms with van der Waals surface area (Å²) in [5, 5.41) is 18.7. The fourth-order valence-corrected chi connectivity index (χ4v) is 2.69. The molecule has 0 saturated carbocycles. The van der Waals surface area contributed by atoms with Crippen LogP contribution in [0.4, 0.5) is 0 Å². The Kier molecular flexibility index (Phi) is 4.77. The van der Waals surface area contributed by atoms with Crippen molar-refractivity contribution in [3.63, 3.8) is 0 Å². The molecular formula is C17H14BrNO2. The minimum Gasteiger partial charge on any atom is -0.480 e.